The number of carbonyl (C=O) groups excluding carboxylic acids is 1. The Morgan fingerprint density at radius 3 is 2.68 bits per heavy atom. The van der Waals surface area contributed by atoms with Gasteiger partial charge in [0.2, 0.25) is 5.91 Å². The summed E-state index contributed by atoms with van der Waals surface area (Å²) in [4.78, 5) is 27.1. The lowest BCUT2D eigenvalue weighted by Crippen LogP contribution is -2.27. The standard InChI is InChI=1S/C10H9FN2O5S/c11-19(17,18)8-2-9(14)13(5-8)7-1-6(10(15)16)3-12-4-7/h1,3-4,8H,2,5H2,(H,15,16). The minimum atomic E-state index is -4.80. The Morgan fingerprint density at radius 2 is 2.16 bits per heavy atom. The number of aromatic carboxylic acids is 1. The van der Waals surface area contributed by atoms with Crippen molar-refractivity contribution in [3.05, 3.63) is 24.0 Å². The third kappa shape index (κ3) is 2.70. The Balaban J connectivity index is 2.31. The van der Waals surface area contributed by atoms with Crippen molar-refractivity contribution in [3.8, 4) is 0 Å². The molecular formula is C10H9FN2O5S. The quantitative estimate of drug-likeness (QED) is 0.796. The van der Waals surface area contributed by atoms with Gasteiger partial charge in [0.15, 0.2) is 0 Å². The highest BCUT2D eigenvalue weighted by Gasteiger charge is 2.39. The third-order valence-corrected chi connectivity index (χ3v) is 3.88. The van der Waals surface area contributed by atoms with Gasteiger partial charge < -0.3 is 10.0 Å². The van der Waals surface area contributed by atoms with Crippen LogP contribution in [0.25, 0.3) is 0 Å². The second-order valence-electron chi connectivity index (χ2n) is 4.04. The highest BCUT2D eigenvalue weighted by atomic mass is 32.3. The number of nitrogens with zero attached hydrogens (tertiary/aromatic N) is 2. The molecule has 1 amide bonds. The maximum atomic E-state index is 12.8. The van der Waals surface area contributed by atoms with Crippen molar-refractivity contribution in [2.24, 2.45) is 0 Å². The first kappa shape index (κ1) is 13.4. The fraction of sp³-hybridized carbons (Fsp3) is 0.300. The molecule has 0 saturated carbocycles. The Bertz CT molecular complexity index is 645. The average molecular weight is 288 g/mol. The molecule has 1 aromatic heterocycles. The van der Waals surface area contributed by atoms with Crippen LogP contribution in [0.1, 0.15) is 16.8 Å². The zero-order chi connectivity index (χ0) is 14.2. The maximum absolute atomic E-state index is 12.8. The van der Waals surface area contributed by atoms with Crippen LogP contribution in [0.15, 0.2) is 18.5 Å². The molecule has 0 spiro atoms. The number of pyridine rings is 1. The number of carboxylic acid groups (broad SMARTS) is 1. The molecule has 0 radical (unpaired) electrons. The summed E-state index contributed by atoms with van der Waals surface area (Å²) >= 11 is 0. The molecule has 1 atom stereocenters. The molecule has 1 saturated heterocycles. The second kappa shape index (κ2) is 4.57. The summed E-state index contributed by atoms with van der Waals surface area (Å²) in [6.45, 7) is -0.345. The normalized spacial score (nSPS) is 19.7. The molecule has 102 valence electrons. The number of rotatable bonds is 3. The molecule has 0 bridgehead atoms. The van der Waals surface area contributed by atoms with Crippen LogP contribution in [0.2, 0.25) is 0 Å². The summed E-state index contributed by atoms with van der Waals surface area (Å²) in [7, 11) is -4.80. The molecular weight excluding hydrogens is 279 g/mol. The molecule has 7 nitrogen and oxygen atoms in total. The molecule has 1 aromatic rings. The first-order valence-electron chi connectivity index (χ1n) is 5.21. The van der Waals surface area contributed by atoms with E-state index in [1.54, 1.807) is 0 Å². The van der Waals surface area contributed by atoms with E-state index in [-0.39, 0.29) is 17.8 Å². The van der Waals surface area contributed by atoms with Gasteiger partial charge in [-0.15, -0.1) is 3.89 Å². The number of aromatic nitrogens is 1. The third-order valence-electron chi connectivity index (χ3n) is 2.77. The van der Waals surface area contributed by atoms with Gasteiger partial charge in [0, 0.05) is 19.2 Å². The van der Waals surface area contributed by atoms with Gasteiger partial charge in [-0.25, -0.2) is 4.79 Å². The summed E-state index contributed by atoms with van der Waals surface area (Å²) in [6, 6.07) is 1.18. The molecule has 1 aliphatic rings. The molecule has 1 N–H and O–H groups in total. The Labute approximate surface area is 107 Å². The van der Waals surface area contributed by atoms with Gasteiger partial charge in [0.05, 0.1) is 17.4 Å². The van der Waals surface area contributed by atoms with Crippen molar-refractivity contribution in [1.82, 2.24) is 4.98 Å². The van der Waals surface area contributed by atoms with Crippen LogP contribution in [0.4, 0.5) is 9.57 Å². The van der Waals surface area contributed by atoms with Crippen LogP contribution in [0, 0.1) is 0 Å². The van der Waals surface area contributed by atoms with Gasteiger partial charge in [-0.3, -0.25) is 9.78 Å². The molecule has 1 aliphatic heterocycles. The lowest BCUT2D eigenvalue weighted by molar-refractivity contribution is -0.117. The average Bonchev–Trinajstić information content (AvgIpc) is 2.71. The van der Waals surface area contributed by atoms with Gasteiger partial charge in [-0.2, -0.15) is 8.42 Å². The topological polar surface area (TPSA) is 105 Å². The van der Waals surface area contributed by atoms with E-state index in [4.69, 9.17) is 5.11 Å². The van der Waals surface area contributed by atoms with Crippen molar-refractivity contribution in [1.29, 1.82) is 0 Å². The van der Waals surface area contributed by atoms with Gasteiger partial charge in [-0.1, -0.05) is 0 Å². The minimum Gasteiger partial charge on any atom is -0.478 e. The highest BCUT2D eigenvalue weighted by molar-refractivity contribution is 7.87. The number of halogens is 1. The molecule has 9 heteroatoms. The zero-order valence-corrected chi connectivity index (χ0v) is 10.3. The predicted molar refractivity (Wildman–Crippen MR) is 62.0 cm³/mol. The van der Waals surface area contributed by atoms with Crippen LogP contribution < -0.4 is 4.90 Å². The van der Waals surface area contributed by atoms with E-state index in [9.17, 15) is 21.9 Å². The lowest BCUT2D eigenvalue weighted by Gasteiger charge is -2.15. The van der Waals surface area contributed by atoms with Gasteiger partial charge >= 0.3 is 16.2 Å². The van der Waals surface area contributed by atoms with Crippen LogP contribution in [-0.4, -0.2) is 42.2 Å². The Morgan fingerprint density at radius 1 is 1.47 bits per heavy atom. The van der Waals surface area contributed by atoms with Crippen LogP contribution >= 0.6 is 0 Å². The summed E-state index contributed by atoms with van der Waals surface area (Å²) in [5.74, 6) is -1.81. The Kier molecular flexibility index (Phi) is 3.23. The first-order valence-corrected chi connectivity index (χ1v) is 6.66. The van der Waals surface area contributed by atoms with Gasteiger partial charge in [0.25, 0.3) is 0 Å². The summed E-state index contributed by atoms with van der Waals surface area (Å²) in [5, 5.41) is 7.38. The monoisotopic (exact) mass is 288 g/mol. The van der Waals surface area contributed by atoms with E-state index in [0.717, 1.165) is 11.1 Å². The minimum absolute atomic E-state index is 0.135. The van der Waals surface area contributed by atoms with E-state index in [0.29, 0.717) is 0 Å². The second-order valence-corrected chi connectivity index (χ2v) is 5.66. The fourth-order valence-corrected chi connectivity index (χ4v) is 2.47. The largest absolute Gasteiger partial charge is 0.478 e. The van der Waals surface area contributed by atoms with E-state index in [1.807, 2.05) is 0 Å². The van der Waals surface area contributed by atoms with Crippen molar-refractivity contribution in [2.45, 2.75) is 11.7 Å². The summed E-state index contributed by atoms with van der Waals surface area (Å²) in [5.41, 5.74) is -0.00657. The molecule has 0 aliphatic carbocycles. The van der Waals surface area contributed by atoms with E-state index in [2.05, 4.69) is 4.98 Å². The van der Waals surface area contributed by atoms with Crippen molar-refractivity contribution < 1.29 is 27.0 Å². The van der Waals surface area contributed by atoms with E-state index < -0.39 is 33.8 Å². The van der Waals surface area contributed by atoms with Crippen LogP contribution in [-0.2, 0) is 15.0 Å². The van der Waals surface area contributed by atoms with Crippen LogP contribution in [0.3, 0.4) is 0 Å². The number of carbonyl (C=O) groups is 2. The summed E-state index contributed by atoms with van der Waals surface area (Å²) < 4.78 is 34.4. The van der Waals surface area contributed by atoms with Gasteiger partial charge in [0.1, 0.15) is 5.25 Å². The van der Waals surface area contributed by atoms with E-state index >= 15 is 0 Å². The van der Waals surface area contributed by atoms with Crippen LogP contribution in [0.5, 0.6) is 0 Å². The first-order chi connectivity index (χ1) is 8.79. The molecule has 2 rings (SSSR count). The number of carboxylic acids is 1. The molecule has 1 unspecified atom stereocenters. The smallest absolute Gasteiger partial charge is 0.337 e. The molecule has 19 heavy (non-hydrogen) atoms. The number of amides is 1. The van der Waals surface area contributed by atoms with Crippen molar-refractivity contribution >= 4 is 27.8 Å². The van der Waals surface area contributed by atoms with Crippen molar-refractivity contribution in [3.63, 3.8) is 0 Å². The Hall–Kier alpha value is -2.03. The molecule has 2 heterocycles. The highest BCUT2D eigenvalue weighted by Crippen LogP contribution is 2.25. The lowest BCUT2D eigenvalue weighted by atomic mass is 10.2. The molecule has 1 fully saturated rings. The number of hydrogen-bond acceptors (Lipinski definition) is 5. The SMILES string of the molecule is O=C(O)c1cncc(N2CC(S(=O)(=O)F)CC2=O)c1. The predicted octanol–water partition coefficient (Wildman–Crippen LogP) is 0.184. The van der Waals surface area contributed by atoms with E-state index in [1.165, 1.54) is 12.3 Å². The maximum Gasteiger partial charge on any atom is 0.337 e. The number of hydrogen-bond donors (Lipinski definition) is 1. The number of anilines is 1. The van der Waals surface area contributed by atoms with Crippen molar-refractivity contribution in [2.75, 3.05) is 11.4 Å². The van der Waals surface area contributed by atoms with Gasteiger partial charge in [-0.05, 0) is 6.07 Å². The molecule has 0 aromatic carbocycles. The summed E-state index contributed by atoms with van der Waals surface area (Å²) in [6.07, 6.45) is 1.85. The zero-order valence-electron chi connectivity index (χ0n) is 9.48. The fourth-order valence-electron chi connectivity index (χ4n) is 1.81.